The lowest BCUT2D eigenvalue weighted by Gasteiger charge is -2.19. The summed E-state index contributed by atoms with van der Waals surface area (Å²) < 4.78 is 5.49. The van der Waals surface area contributed by atoms with Gasteiger partial charge in [0.25, 0.3) is 0 Å². The average Bonchev–Trinajstić information content (AvgIpc) is 2.48. The molecule has 1 heterocycles. The minimum atomic E-state index is 0.282. The van der Waals surface area contributed by atoms with Crippen molar-refractivity contribution in [3.8, 4) is 5.75 Å². The van der Waals surface area contributed by atoms with Crippen molar-refractivity contribution in [2.24, 2.45) is 5.73 Å². The summed E-state index contributed by atoms with van der Waals surface area (Å²) in [6, 6.07) is 8.42. The Kier molecular flexibility index (Phi) is 4.97. The van der Waals surface area contributed by atoms with Gasteiger partial charge in [-0.15, -0.1) is 0 Å². The van der Waals surface area contributed by atoms with Crippen molar-refractivity contribution in [1.29, 1.82) is 0 Å². The van der Waals surface area contributed by atoms with Crippen molar-refractivity contribution >= 4 is 0 Å². The molecule has 0 spiro atoms. The van der Waals surface area contributed by atoms with Crippen molar-refractivity contribution in [2.75, 3.05) is 13.7 Å². The molecular formula is C18H24N2O. The molecule has 2 N–H and O–H groups in total. The number of nitrogens with zero attached hydrogens (tertiary/aromatic N) is 1. The Labute approximate surface area is 127 Å². The number of ether oxygens (including phenoxy) is 1. The van der Waals surface area contributed by atoms with Crippen LogP contribution in [0.15, 0.2) is 30.5 Å². The average molecular weight is 284 g/mol. The number of hydrogen-bond donors (Lipinski definition) is 1. The maximum absolute atomic E-state index is 6.01. The van der Waals surface area contributed by atoms with Crippen molar-refractivity contribution in [1.82, 2.24) is 4.98 Å². The molecule has 2 aromatic rings. The highest BCUT2D eigenvalue weighted by atomic mass is 16.5. The molecule has 0 fully saturated rings. The zero-order valence-corrected chi connectivity index (χ0v) is 13.3. The second-order valence-corrected chi connectivity index (χ2v) is 5.54. The first kappa shape index (κ1) is 15.5. The van der Waals surface area contributed by atoms with Crippen LogP contribution >= 0.6 is 0 Å². The van der Waals surface area contributed by atoms with Crippen LogP contribution < -0.4 is 10.5 Å². The van der Waals surface area contributed by atoms with Crippen LogP contribution in [0.2, 0.25) is 0 Å². The zero-order valence-electron chi connectivity index (χ0n) is 13.3. The Morgan fingerprint density at radius 3 is 2.48 bits per heavy atom. The molecule has 0 radical (unpaired) electrons. The van der Waals surface area contributed by atoms with E-state index in [2.05, 4.69) is 43.1 Å². The van der Waals surface area contributed by atoms with Crippen molar-refractivity contribution in [3.05, 3.63) is 58.4 Å². The summed E-state index contributed by atoms with van der Waals surface area (Å²) in [5.74, 6) is 1.21. The van der Waals surface area contributed by atoms with Crippen LogP contribution in [-0.2, 0) is 6.42 Å². The number of methoxy groups -OCH3 is 1. The van der Waals surface area contributed by atoms with Crippen LogP contribution in [0.4, 0.5) is 0 Å². The number of benzene rings is 1. The Morgan fingerprint density at radius 1 is 1.14 bits per heavy atom. The summed E-state index contributed by atoms with van der Waals surface area (Å²) in [6.07, 6.45) is 2.72. The van der Waals surface area contributed by atoms with Gasteiger partial charge in [0.2, 0.25) is 0 Å². The van der Waals surface area contributed by atoms with Crippen molar-refractivity contribution in [3.63, 3.8) is 0 Å². The molecule has 0 aliphatic carbocycles. The first-order chi connectivity index (χ1) is 10.1. The predicted octanol–water partition coefficient (Wildman–Crippen LogP) is 3.30. The first-order valence-electron chi connectivity index (χ1n) is 7.33. The highest BCUT2D eigenvalue weighted by Gasteiger charge is 2.17. The van der Waals surface area contributed by atoms with Gasteiger partial charge in [-0.05, 0) is 44.9 Å². The molecule has 21 heavy (non-hydrogen) atoms. The summed E-state index contributed by atoms with van der Waals surface area (Å²) in [5, 5.41) is 0. The molecule has 3 nitrogen and oxygen atoms in total. The number of nitrogens with two attached hydrogens (primary N) is 1. The molecule has 1 aromatic heterocycles. The van der Waals surface area contributed by atoms with Gasteiger partial charge in [0, 0.05) is 28.9 Å². The van der Waals surface area contributed by atoms with Crippen LogP contribution in [-0.4, -0.2) is 18.6 Å². The minimum absolute atomic E-state index is 0.282. The van der Waals surface area contributed by atoms with E-state index in [-0.39, 0.29) is 5.92 Å². The maximum Gasteiger partial charge on any atom is 0.128 e. The normalized spacial score (nSPS) is 12.2. The van der Waals surface area contributed by atoms with E-state index < -0.39 is 0 Å². The summed E-state index contributed by atoms with van der Waals surface area (Å²) in [4.78, 5) is 4.59. The van der Waals surface area contributed by atoms with Gasteiger partial charge in [-0.3, -0.25) is 4.98 Å². The minimum Gasteiger partial charge on any atom is -0.496 e. The van der Waals surface area contributed by atoms with Gasteiger partial charge >= 0.3 is 0 Å². The molecule has 0 bridgehead atoms. The molecule has 0 aliphatic heterocycles. The highest BCUT2D eigenvalue weighted by Crippen LogP contribution is 2.28. The molecule has 0 aliphatic rings. The van der Waals surface area contributed by atoms with Gasteiger partial charge in [-0.25, -0.2) is 0 Å². The number of rotatable bonds is 5. The monoisotopic (exact) mass is 284 g/mol. The molecule has 0 saturated heterocycles. The van der Waals surface area contributed by atoms with Crippen molar-refractivity contribution < 1.29 is 4.74 Å². The van der Waals surface area contributed by atoms with Gasteiger partial charge in [0.15, 0.2) is 0 Å². The Bertz CT molecular complexity index is 623. The summed E-state index contributed by atoms with van der Waals surface area (Å²) in [7, 11) is 1.71. The third kappa shape index (κ3) is 3.24. The Balaban J connectivity index is 2.34. The van der Waals surface area contributed by atoms with E-state index in [1.165, 1.54) is 11.1 Å². The van der Waals surface area contributed by atoms with Crippen LogP contribution in [0, 0.1) is 20.8 Å². The lowest BCUT2D eigenvalue weighted by atomic mass is 9.89. The van der Waals surface area contributed by atoms with E-state index in [9.17, 15) is 0 Å². The van der Waals surface area contributed by atoms with E-state index >= 15 is 0 Å². The van der Waals surface area contributed by atoms with Gasteiger partial charge in [-0.2, -0.15) is 0 Å². The van der Waals surface area contributed by atoms with Crippen molar-refractivity contribution in [2.45, 2.75) is 33.1 Å². The largest absolute Gasteiger partial charge is 0.496 e. The lowest BCUT2D eigenvalue weighted by Crippen LogP contribution is -2.17. The second-order valence-electron chi connectivity index (χ2n) is 5.54. The maximum atomic E-state index is 6.01. The molecule has 1 unspecified atom stereocenters. The molecule has 0 saturated carbocycles. The Hall–Kier alpha value is -1.87. The number of hydrogen-bond acceptors (Lipinski definition) is 3. The molecule has 3 heteroatoms. The molecular weight excluding hydrogens is 260 g/mol. The van der Waals surface area contributed by atoms with Crippen LogP contribution in [0.1, 0.15) is 33.9 Å². The smallest absolute Gasteiger partial charge is 0.128 e. The highest BCUT2D eigenvalue weighted by molar-refractivity contribution is 5.42. The number of aryl methyl sites for hydroxylation is 2. The van der Waals surface area contributed by atoms with Gasteiger partial charge in [0.1, 0.15) is 5.75 Å². The quantitative estimate of drug-likeness (QED) is 0.916. The lowest BCUT2D eigenvalue weighted by molar-refractivity contribution is 0.406. The fraction of sp³-hybridized carbons (Fsp3) is 0.389. The molecule has 0 amide bonds. The van der Waals surface area contributed by atoms with E-state index in [1.807, 2.05) is 13.1 Å². The molecule has 2 rings (SSSR count). The van der Waals surface area contributed by atoms with Gasteiger partial charge in [-0.1, -0.05) is 24.3 Å². The van der Waals surface area contributed by atoms with E-state index in [0.717, 1.165) is 29.0 Å². The SMILES string of the molecule is COc1c(C)cnc(CC(CN)c2ccccc2C)c1C. The van der Waals surface area contributed by atoms with Crippen LogP contribution in [0.3, 0.4) is 0 Å². The first-order valence-corrected chi connectivity index (χ1v) is 7.33. The zero-order chi connectivity index (χ0) is 15.4. The topological polar surface area (TPSA) is 48.1 Å². The van der Waals surface area contributed by atoms with E-state index in [0.29, 0.717) is 6.54 Å². The number of pyridine rings is 1. The Morgan fingerprint density at radius 2 is 1.86 bits per heavy atom. The molecule has 1 aromatic carbocycles. The molecule has 1 atom stereocenters. The predicted molar refractivity (Wildman–Crippen MR) is 86.9 cm³/mol. The van der Waals surface area contributed by atoms with Crippen LogP contribution in [0.25, 0.3) is 0 Å². The standard InChI is InChI=1S/C18H24N2O/c1-12-7-5-6-8-16(12)15(10-19)9-17-14(3)18(21-4)13(2)11-20-17/h5-8,11,15H,9-10,19H2,1-4H3. The van der Waals surface area contributed by atoms with E-state index in [4.69, 9.17) is 10.5 Å². The summed E-state index contributed by atoms with van der Waals surface area (Å²) in [6.45, 7) is 6.83. The fourth-order valence-corrected chi connectivity index (χ4v) is 2.88. The fourth-order valence-electron chi connectivity index (χ4n) is 2.88. The number of aromatic nitrogens is 1. The van der Waals surface area contributed by atoms with Crippen LogP contribution in [0.5, 0.6) is 5.75 Å². The van der Waals surface area contributed by atoms with Gasteiger partial charge < -0.3 is 10.5 Å². The third-order valence-corrected chi connectivity index (χ3v) is 4.10. The second kappa shape index (κ2) is 6.72. The summed E-state index contributed by atoms with van der Waals surface area (Å²) in [5.41, 5.74) is 11.9. The molecule has 112 valence electrons. The third-order valence-electron chi connectivity index (χ3n) is 4.10. The van der Waals surface area contributed by atoms with Gasteiger partial charge in [0.05, 0.1) is 7.11 Å². The van der Waals surface area contributed by atoms with E-state index in [1.54, 1.807) is 7.11 Å². The summed E-state index contributed by atoms with van der Waals surface area (Å²) >= 11 is 0.